The molecular formula is C26H27BrN2O5. The van der Waals surface area contributed by atoms with Gasteiger partial charge in [-0.1, -0.05) is 28.9 Å². The lowest BCUT2D eigenvalue weighted by molar-refractivity contribution is -0.122. The van der Waals surface area contributed by atoms with Gasteiger partial charge in [0.05, 0.1) is 23.1 Å². The largest absolute Gasteiger partial charge is 0.452 e. The van der Waals surface area contributed by atoms with Crippen molar-refractivity contribution >= 4 is 51.0 Å². The summed E-state index contributed by atoms with van der Waals surface area (Å²) in [5.41, 5.74) is 3.09. The predicted octanol–water partition coefficient (Wildman–Crippen LogP) is 4.79. The van der Waals surface area contributed by atoms with Gasteiger partial charge in [0.1, 0.15) is 0 Å². The van der Waals surface area contributed by atoms with Crippen LogP contribution in [-0.4, -0.2) is 30.3 Å². The van der Waals surface area contributed by atoms with Crippen molar-refractivity contribution in [3.05, 3.63) is 57.6 Å². The number of esters is 1. The Kier molecular flexibility index (Phi) is 6.89. The van der Waals surface area contributed by atoms with E-state index in [4.69, 9.17) is 4.74 Å². The summed E-state index contributed by atoms with van der Waals surface area (Å²) in [6.45, 7) is 5.47. The molecule has 3 amide bonds. The first kappa shape index (κ1) is 24.1. The van der Waals surface area contributed by atoms with Crippen molar-refractivity contribution in [3.8, 4) is 0 Å². The second-order valence-electron chi connectivity index (χ2n) is 9.16. The number of fused-ring (bicyclic) bond motifs is 1. The summed E-state index contributed by atoms with van der Waals surface area (Å²) >= 11 is 3.45. The lowest BCUT2D eigenvalue weighted by atomic mass is 9.76. The quantitative estimate of drug-likeness (QED) is 0.446. The van der Waals surface area contributed by atoms with Crippen LogP contribution < -0.4 is 10.2 Å². The zero-order valence-corrected chi connectivity index (χ0v) is 21.0. The number of benzene rings is 2. The van der Waals surface area contributed by atoms with Crippen LogP contribution in [0.1, 0.15) is 47.7 Å². The molecule has 2 fully saturated rings. The molecule has 2 aromatic carbocycles. The van der Waals surface area contributed by atoms with Crippen molar-refractivity contribution in [2.75, 3.05) is 16.8 Å². The fourth-order valence-corrected chi connectivity index (χ4v) is 5.17. The lowest BCUT2D eigenvalue weighted by Gasteiger charge is -2.25. The van der Waals surface area contributed by atoms with E-state index in [-0.39, 0.29) is 29.2 Å². The van der Waals surface area contributed by atoms with Crippen LogP contribution in [-0.2, 0) is 19.1 Å². The Labute approximate surface area is 207 Å². The number of rotatable bonds is 5. The third-order valence-electron chi connectivity index (χ3n) is 6.86. The minimum absolute atomic E-state index is 0.171. The molecule has 1 aliphatic heterocycles. The number of nitrogens with zero attached hydrogens (tertiary/aromatic N) is 1. The van der Waals surface area contributed by atoms with E-state index < -0.39 is 18.5 Å². The van der Waals surface area contributed by atoms with E-state index >= 15 is 0 Å². The maximum atomic E-state index is 13.0. The van der Waals surface area contributed by atoms with Crippen LogP contribution in [0.3, 0.4) is 0 Å². The summed E-state index contributed by atoms with van der Waals surface area (Å²) in [6, 6.07) is 9.86. The minimum atomic E-state index is -0.703. The molecule has 0 unspecified atom stereocenters. The van der Waals surface area contributed by atoms with Gasteiger partial charge in [0.25, 0.3) is 5.91 Å². The smallest absolute Gasteiger partial charge is 0.338 e. The van der Waals surface area contributed by atoms with Gasteiger partial charge in [0.15, 0.2) is 6.61 Å². The summed E-state index contributed by atoms with van der Waals surface area (Å²) in [4.78, 5) is 52.0. The van der Waals surface area contributed by atoms with Crippen molar-refractivity contribution in [3.63, 3.8) is 0 Å². The second kappa shape index (κ2) is 9.70. The van der Waals surface area contributed by atoms with E-state index in [1.165, 1.54) is 17.0 Å². The van der Waals surface area contributed by atoms with Gasteiger partial charge < -0.3 is 10.1 Å². The monoisotopic (exact) mass is 526 g/mol. The van der Waals surface area contributed by atoms with E-state index in [0.717, 1.165) is 22.0 Å². The van der Waals surface area contributed by atoms with Crippen LogP contribution in [0.25, 0.3) is 0 Å². The standard InChI is InChI=1S/C26H27BrN2O5/c1-14-7-8-19-20(11-14)25(32)29(24(19)31)18-6-4-5-17(12-18)26(33)34-13-23(30)28-22-10-9-21(27)15(2)16(22)3/h4-6,9-10,12,14,19-20H,7-8,11,13H2,1-3H3,(H,28,30)/t14-,19+,20+/m0/s1. The number of anilines is 2. The van der Waals surface area contributed by atoms with Gasteiger partial charge in [0, 0.05) is 10.2 Å². The highest BCUT2D eigenvalue weighted by atomic mass is 79.9. The lowest BCUT2D eigenvalue weighted by Crippen LogP contribution is -2.31. The van der Waals surface area contributed by atoms with Crippen LogP contribution in [0.5, 0.6) is 0 Å². The topological polar surface area (TPSA) is 92.8 Å². The predicted molar refractivity (Wildman–Crippen MR) is 131 cm³/mol. The first-order chi connectivity index (χ1) is 16.2. The zero-order valence-electron chi connectivity index (χ0n) is 19.4. The second-order valence-corrected chi connectivity index (χ2v) is 10.0. The molecule has 1 aliphatic carbocycles. The Morgan fingerprint density at radius 3 is 2.56 bits per heavy atom. The van der Waals surface area contributed by atoms with Gasteiger partial charge in [0.2, 0.25) is 11.8 Å². The maximum Gasteiger partial charge on any atom is 0.338 e. The first-order valence-corrected chi connectivity index (χ1v) is 12.2. The molecule has 4 rings (SSSR count). The fourth-order valence-electron chi connectivity index (χ4n) is 4.74. The molecule has 3 atom stereocenters. The van der Waals surface area contributed by atoms with E-state index in [2.05, 4.69) is 28.2 Å². The maximum absolute atomic E-state index is 13.0. The normalized spacial score (nSPS) is 21.9. The van der Waals surface area contributed by atoms with Crippen molar-refractivity contribution in [1.82, 2.24) is 0 Å². The van der Waals surface area contributed by atoms with Crippen LogP contribution in [0.15, 0.2) is 40.9 Å². The third kappa shape index (κ3) is 4.64. The molecule has 34 heavy (non-hydrogen) atoms. The Balaban J connectivity index is 1.41. The minimum Gasteiger partial charge on any atom is -0.452 e. The highest BCUT2D eigenvalue weighted by Gasteiger charge is 2.50. The summed E-state index contributed by atoms with van der Waals surface area (Å²) in [6.07, 6.45) is 2.35. The molecule has 0 radical (unpaired) electrons. The van der Waals surface area contributed by atoms with Crippen molar-refractivity contribution in [1.29, 1.82) is 0 Å². The number of hydrogen-bond acceptors (Lipinski definition) is 5. The molecule has 178 valence electrons. The summed E-state index contributed by atoms with van der Waals surface area (Å²) in [5.74, 6) is -1.73. The number of imide groups is 1. The van der Waals surface area contributed by atoms with Crippen molar-refractivity contribution in [2.24, 2.45) is 17.8 Å². The van der Waals surface area contributed by atoms with Gasteiger partial charge in [-0.2, -0.15) is 0 Å². The number of amides is 3. The van der Waals surface area contributed by atoms with Gasteiger partial charge in [-0.05, 0) is 80.5 Å². The molecule has 0 spiro atoms. The molecule has 7 nitrogen and oxygen atoms in total. The number of hydrogen-bond donors (Lipinski definition) is 1. The SMILES string of the molecule is Cc1c(Br)ccc(NC(=O)COC(=O)c2cccc(N3C(=O)[C@@H]4CC[C@H](C)C[C@H]4C3=O)c2)c1C. The molecule has 1 heterocycles. The van der Waals surface area contributed by atoms with Crippen LogP contribution in [0, 0.1) is 31.6 Å². The molecule has 0 aromatic heterocycles. The van der Waals surface area contributed by atoms with E-state index in [0.29, 0.717) is 30.1 Å². The molecule has 2 aliphatic rings. The highest BCUT2D eigenvalue weighted by Crippen LogP contribution is 2.42. The van der Waals surface area contributed by atoms with Crippen LogP contribution in [0.2, 0.25) is 0 Å². The van der Waals surface area contributed by atoms with E-state index in [9.17, 15) is 19.2 Å². The Morgan fingerprint density at radius 2 is 1.79 bits per heavy atom. The summed E-state index contributed by atoms with van der Waals surface area (Å²) < 4.78 is 6.13. The van der Waals surface area contributed by atoms with Crippen LogP contribution >= 0.6 is 15.9 Å². The van der Waals surface area contributed by atoms with E-state index in [1.54, 1.807) is 18.2 Å². The Morgan fingerprint density at radius 1 is 1.06 bits per heavy atom. The fraction of sp³-hybridized carbons (Fsp3) is 0.385. The number of ether oxygens (including phenoxy) is 1. The summed E-state index contributed by atoms with van der Waals surface area (Å²) in [7, 11) is 0. The molecule has 8 heteroatoms. The number of carbonyl (C=O) groups excluding carboxylic acids is 4. The average Bonchev–Trinajstić information content (AvgIpc) is 3.07. The molecule has 0 bridgehead atoms. The average molecular weight is 527 g/mol. The zero-order chi connectivity index (χ0) is 24.6. The molecule has 2 aromatic rings. The van der Waals surface area contributed by atoms with Crippen molar-refractivity contribution in [2.45, 2.75) is 40.0 Å². The number of carbonyl (C=O) groups is 4. The summed E-state index contributed by atoms with van der Waals surface area (Å²) in [5, 5.41) is 2.75. The highest BCUT2D eigenvalue weighted by molar-refractivity contribution is 9.10. The Hall–Kier alpha value is -3.00. The molecule has 1 saturated heterocycles. The molecular weight excluding hydrogens is 500 g/mol. The van der Waals surface area contributed by atoms with Gasteiger partial charge >= 0.3 is 5.97 Å². The van der Waals surface area contributed by atoms with Crippen LogP contribution in [0.4, 0.5) is 11.4 Å². The van der Waals surface area contributed by atoms with Gasteiger partial charge in [-0.15, -0.1) is 0 Å². The molecule has 1 N–H and O–H groups in total. The van der Waals surface area contributed by atoms with E-state index in [1.807, 2.05) is 19.9 Å². The number of nitrogens with one attached hydrogen (secondary N) is 1. The van der Waals surface area contributed by atoms with Gasteiger partial charge in [-0.3, -0.25) is 19.3 Å². The van der Waals surface area contributed by atoms with Crippen molar-refractivity contribution < 1.29 is 23.9 Å². The Bertz CT molecular complexity index is 1180. The number of halogens is 1. The van der Waals surface area contributed by atoms with Gasteiger partial charge in [-0.25, -0.2) is 4.79 Å². The third-order valence-corrected chi connectivity index (χ3v) is 7.72. The molecule has 1 saturated carbocycles. The first-order valence-electron chi connectivity index (χ1n) is 11.4.